The van der Waals surface area contributed by atoms with Crippen molar-refractivity contribution in [1.29, 1.82) is 5.26 Å². The summed E-state index contributed by atoms with van der Waals surface area (Å²) in [6, 6.07) is 12.4. The quantitative estimate of drug-likeness (QED) is 0.253. The van der Waals surface area contributed by atoms with Gasteiger partial charge < -0.3 is 9.47 Å². The lowest BCUT2D eigenvalue weighted by Crippen LogP contribution is -2.20. The van der Waals surface area contributed by atoms with Gasteiger partial charge in [0.1, 0.15) is 23.1 Å². The summed E-state index contributed by atoms with van der Waals surface area (Å²) in [4.78, 5) is 22.5. The van der Waals surface area contributed by atoms with Crippen LogP contribution in [0, 0.1) is 21.4 Å². The number of hydrogen-bond acceptors (Lipinski definition) is 7. The molecule has 0 fully saturated rings. The average molecular weight is 394 g/mol. The monoisotopic (exact) mass is 394 g/mol. The van der Waals surface area contributed by atoms with Crippen LogP contribution in [-0.2, 0) is 4.79 Å². The van der Waals surface area contributed by atoms with E-state index >= 15 is 0 Å². The highest BCUT2D eigenvalue weighted by Crippen LogP contribution is 2.24. The summed E-state index contributed by atoms with van der Waals surface area (Å²) in [6.07, 6.45) is 1.32. The van der Waals surface area contributed by atoms with Crippen molar-refractivity contribution >= 4 is 23.4 Å². The molecule has 29 heavy (non-hydrogen) atoms. The Morgan fingerprint density at radius 1 is 1.21 bits per heavy atom. The van der Waals surface area contributed by atoms with Gasteiger partial charge in [-0.3, -0.25) is 14.9 Å². The lowest BCUT2D eigenvalue weighted by molar-refractivity contribution is -0.384. The molecule has 0 radical (unpaired) electrons. The van der Waals surface area contributed by atoms with Crippen molar-refractivity contribution in [2.45, 2.75) is 6.92 Å². The number of methoxy groups -OCH3 is 2. The number of nitrogens with one attached hydrogen (secondary N) is 1. The smallest absolute Gasteiger partial charge is 0.282 e. The van der Waals surface area contributed by atoms with Crippen molar-refractivity contribution < 1.29 is 19.2 Å². The maximum atomic E-state index is 12.3. The van der Waals surface area contributed by atoms with Crippen LogP contribution in [0.5, 0.6) is 11.5 Å². The molecule has 2 aromatic rings. The summed E-state index contributed by atoms with van der Waals surface area (Å²) in [5.74, 6) is 0.424. The molecule has 0 unspecified atom stereocenters. The molecule has 0 aliphatic rings. The molecule has 0 aliphatic heterocycles. The Balaban J connectivity index is 2.21. The topological polar surface area (TPSA) is 127 Å². The Hall–Kier alpha value is -4.19. The number of nitro groups is 1. The van der Waals surface area contributed by atoms with E-state index in [1.54, 1.807) is 31.2 Å². The van der Waals surface area contributed by atoms with Crippen molar-refractivity contribution in [1.82, 2.24) is 5.43 Å². The van der Waals surface area contributed by atoms with Gasteiger partial charge in [-0.2, -0.15) is 10.4 Å². The number of carbonyl (C=O) groups excluding carboxylic acids is 1. The number of non-ortho nitro benzene ring substituents is 1. The molecule has 2 rings (SSSR count). The highest BCUT2D eigenvalue weighted by Gasteiger charge is 2.12. The van der Waals surface area contributed by atoms with E-state index in [9.17, 15) is 20.2 Å². The van der Waals surface area contributed by atoms with Crippen molar-refractivity contribution in [2.75, 3.05) is 14.2 Å². The zero-order valence-corrected chi connectivity index (χ0v) is 16.0. The minimum atomic E-state index is -0.716. The predicted molar refractivity (Wildman–Crippen MR) is 107 cm³/mol. The van der Waals surface area contributed by atoms with Crippen molar-refractivity contribution in [3.05, 3.63) is 69.3 Å². The second-order valence-corrected chi connectivity index (χ2v) is 5.72. The van der Waals surface area contributed by atoms with Crippen LogP contribution in [0.25, 0.3) is 6.08 Å². The average Bonchev–Trinajstić information content (AvgIpc) is 2.75. The van der Waals surface area contributed by atoms with Crippen LogP contribution in [0.15, 0.2) is 53.1 Å². The molecular weight excluding hydrogens is 376 g/mol. The standard InChI is InChI=1S/C20H18N4O5/c1-13(18-11-17(28-2)8-9-19(18)29-3)22-23-20(25)15(12-21)10-14-4-6-16(7-5-14)24(26)27/h4-11H,1-3H3,(H,23,25)/b15-10+,22-13+. The van der Waals surface area contributed by atoms with Gasteiger partial charge in [0.2, 0.25) is 0 Å². The zero-order chi connectivity index (χ0) is 21.4. The number of hydrazone groups is 1. The molecule has 1 N–H and O–H groups in total. The molecule has 2 aromatic carbocycles. The number of ether oxygens (including phenoxy) is 2. The Kier molecular flexibility index (Phi) is 7.03. The normalized spacial score (nSPS) is 11.4. The summed E-state index contributed by atoms with van der Waals surface area (Å²) in [7, 11) is 3.04. The van der Waals surface area contributed by atoms with E-state index in [4.69, 9.17) is 9.47 Å². The summed E-state index contributed by atoms with van der Waals surface area (Å²) in [5, 5.41) is 24.0. The fourth-order valence-corrected chi connectivity index (χ4v) is 2.36. The van der Waals surface area contributed by atoms with Crippen LogP contribution in [0.3, 0.4) is 0 Å². The first-order chi connectivity index (χ1) is 13.9. The van der Waals surface area contributed by atoms with E-state index in [2.05, 4.69) is 10.5 Å². The number of rotatable bonds is 7. The van der Waals surface area contributed by atoms with Gasteiger partial charge in [-0.1, -0.05) is 0 Å². The molecule has 0 saturated heterocycles. The first-order valence-electron chi connectivity index (χ1n) is 8.33. The van der Waals surface area contributed by atoms with Gasteiger partial charge in [0.05, 0.1) is 24.9 Å². The maximum absolute atomic E-state index is 12.3. The van der Waals surface area contributed by atoms with Gasteiger partial charge in [-0.15, -0.1) is 0 Å². The van der Waals surface area contributed by atoms with Crippen molar-refractivity contribution in [3.63, 3.8) is 0 Å². The molecular formula is C20H18N4O5. The van der Waals surface area contributed by atoms with Gasteiger partial charge in [-0.25, -0.2) is 5.43 Å². The van der Waals surface area contributed by atoms with Crippen molar-refractivity contribution in [3.8, 4) is 17.6 Å². The van der Waals surface area contributed by atoms with E-state index in [-0.39, 0.29) is 11.3 Å². The highest BCUT2D eigenvalue weighted by atomic mass is 16.6. The van der Waals surface area contributed by atoms with Crippen LogP contribution >= 0.6 is 0 Å². The molecule has 0 bridgehead atoms. The largest absolute Gasteiger partial charge is 0.497 e. The Morgan fingerprint density at radius 3 is 2.45 bits per heavy atom. The lowest BCUT2D eigenvalue weighted by atomic mass is 10.1. The van der Waals surface area contributed by atoms with E-state index in [0.717, 1.165) is 0 Å². The number of nitro benzene ring substituents is 1. The lowest BCUT2D eigenvalue weighted by Gasteiger charge is -2.10. The molecule has 0 atom stereocenters. The third-order valence-corrected chi connectivity index (χ3v) is 3.90. The van der Waals surface area contributed by atoms with Crippen LogP contribution in [0.2, 0.25) is 0 Å². The van der Waals surface area contributed by atoms with E-state index in [1.165, 1.54) is 44.6 Å². The second-order valence-electron chi connectivity index (χ2n) is 5.72. The van der Waals surface area contributed by atoms with E-state index < -0.39 is 10.8 Å². The van der Waals surface area contributed by atoms with Crippen LogP contribution in [0.4, 0.5) is 5.69 Å². The molecule has 9 heteroatoms. The third kappa shape index (κ3) is 5.40. The SMILES string of the molecule is COc1ccc(OC)c(/C(C)=N/NC(=O)/C(C#N)=C/c2ccc([N+](=O)[O-])cc2)c1. The Bertz CT molecular complexity index is 1020. The molecule has 1 amide bonds. The van der Waals surface area contributed by atoms with Crippen LogP contribution in [-0.4, -0.2) is 30.8 Å². The second kappa shape index (κ2) is 9.66. The molecule has 148 valence electrons. The predicted octanol–water partition coefficient (Wildman–Crippen LogP) is 3.06. The highest BCUT2D eigenvalue weighted by molar-refractivity contribution is 6.05. The van der Waals surface area contributed by atoms with Gasteiger partial charge in [0.25, 0.3) is 11.6 Å². The summed E-state index contributed by atoms with van der Waals surface area (Å²) in [6.45, 7) is 1.67. The Morgan fingerprint density at radius 2 is 1.90 bits per heavy atom. The molecule has 9 nitrogen and oxygen atoms in total. The fraction of sp³-hybridized carbons (Fsp3) is 0.150. The summed E-state index contributed by atoms with van der Waals surface area (Å²) >= 11 is 0. The van der Waals surface area contributed by atoms with E-state index in [0.29, 0.717) is 28.3 Å². The number of nitrogens with zero attached hydrogens (tertiary/aromatic N) is 3. The number of amides is 1. The van der Waals surface area contributed by atoms with Gasteiger partial charge in [0.15, 0.2) is 0 Å². The third-order valence-electron chi connectivity index (χ3n) is 3.90. The first kappa shape index (κ1) is 21.1. The minimum absolute atomic E-state index is 0.0856. The fourth-order valence-electron chi connectivity index (χ4n) is 2.36. The maximum Gasteiger partial charge on any atom is 0.282 e. The summed E-state index contributed by atoms with van der Waals surface area (Å²) < 4.78 is 10.5. The van der Waals surface area contributed by atoms with Gasteiger partial charge in [-0.05, 0) is 48.9 Å². The van der Waals surface area contributed by atoms with Crippen molar-refractivity contribution in [2.24, 2.45) is 5.10 Å². The molecule has 0 saturated carbocycles. The van der Waals surface area contributed by atoms with Gasteiger partial charge >= 0.3 is 0 Å². The number of hydrogen-bond donors (Lipinski definition) is 1. The molecule has 0 aliphatic carbocycles. The molecule has 0 heterocycles. The zero-order valence-electron chi connectivity index (χ0n) is 16.0. The minimum Gasteiger partial charge on any atom is -0.497 e. The number of nitriles is 1. The molecule has 0 aromatic heterocycles. The van der Waals surface area contributed by atoms with Crippen LogP contribution in [0.1, 0.15) is 18.1 Å². The van der Waals surface area contributed by atoms with E-state index in [1.807, 2.05) is 0 Å². The Labute approximate surface area is 167 Å². The van der Waals surface area contributed by atoms with Crippen LogP contribution < -0.4 is 14.9 Å². The molecule has 0 spiro atoms. The van der Waals surface area contributed by atoms with Gasteiger partial charge in [0, 0.05) is 17.7 Å². The number of benzene rings is 2. The number of carbonyl (C=O) groups is 1. The summed E-state index contributed by atoms with van der Waals surface area (Å²) in [5.41, 5.74) is 3.57. The first-order valence-corrected chi connectivity index (χ1v) is 8.33.